The summed E-state index contributed by atoms with van der Waals surface area (Å²) in [5.74, 6) is -0.0599. The molecule has 0 fully saturated rings. The van der Waals surface area contributed by atoms with Gasteiger partial charge in [-0.3, -0.25) is 4.79 Å². The molecule has 0 radical (unpaired) electrons. The van der Waals surface area contributed by atoms with Crippen LogP contribution in [0.5, 0.6) is 0 Å². The normalized spacial score (nSPS) is 13.2. The zero-order valence-corrected chi connectivity index (χ0v) is 18.1. The Labute approximate surface area is 190 Å². The van der Waals surface area contributed by atoms with Gasteiger partial charge in [0.1, 0.15) is 5.69 Å². The first kappa shape index (κ1) is 19.9. The highest BCUT2D eigenvalue weighted by Gasteiger charge is 2.26. The fourth-order valence-electron chi connectivity index (χ4n) is 3.93. The molecule has 0 aliphatic carbocycles. The van der Waals surface area contributed by atoms with Crippen LogP contribution < -0.4 is 0 Å². The van der Waals surface area contributed by atoms with Crippen molar-refractivity contribution in [1.29, 1.82) is 0 Å². The van der Waals surface area contributed by atoms with Crippen LogP contribution in [-0.4, -0.2) is 27.1 Å². The minimum Gasteiger partial charge on any atom is -0.333 e. The van der Waals surface area contributed by atoms with Gasteiger partial charge in [-0.25, -0.2) is 4.68 Å². The van der Waals surface area contributed by atoms with Crippen LogP contribution in [0.1, 0.15) is 21.6 Å². The van der Waals surface area contributed by atoms with Crippen LogP contribution in [0.15, 0.2) is 78.9 Å². The van der Waals surface area contributed by atoms with Crippen molar-refractivity contribution < 1.29 is 4.79 Å². The standard InChI is InChI=1S/C25H19Cl2N3O/c26-21-11-10-20(14-22(21)27)30-24(15-23(28-30)18-7-2-1-3-8-18)25(31)29-13-12-17-6-4-5-9-19(17)16-29/h1-11,14-15H,12-13,16H2. The first-order valence-electron chi connectivity index (χ1n) is 10.1. The first-order chi connectivity index (χ1) is 15.1. The molecule has 0 N–H and O–H groups in total. The molecule has 4 aromatic rings. The monoisotopic (exact) mass is 447 g/mol. The molecule has 1 amide bonds. The minimum atomic E-state index is -0.0599. The maximum atomic E-state index is 13.6. The van der Waals surface area contributed by atoms with Crippen molar-refractivity contribution in [1.82, 2.24) is 14.7 Å². The van der Waals surface area contributed by atoms with Crippen molar-refractivity contribution in [3.63, 3.8) is 0 Å². The maximum absolute atomic E-state index is 13.6. The second-order valence-electron chi connectivity index (χ2n) is 7.54. The topological polar surface area (TPSA) is 38.1 Å². The van der Waals surface area contributed by atoms with Gasteiger partial charge in [0.15, 0.2) is 0 Å². The van der Waals surface area contributed by atoms with E-state index in [4.69, 9.17) is 28.3 Å². The predicted octanol–water partition coefficient (Wildman–Crippen LogP) is 6.04. The van der Waals surface area contributed by atoms with Gasteiger partial charge in [-0.05, 0) is 41.8 Å². The molecule has 31 heavy (non-hydrogen) atoms. The average Bonchev–Trinajstić information content (AvgIpc) is 3.26. The summed E-state index contributed by atoms with van der Waals surface area (Å²) in [5, 5.41) is 5.63. The maximum Gasteiger partial charge on any atom is 0.272 e. The van der Waals surface area contributed by atoms with Gasteiger partial charge >= 0.3 is 0 Å². The molecule has 0 saturated carbocycles. The highest BCUT2D eigenvalue weighted by molar-refractivity contribution is 6.42. The fourth-order valence-corrected chi connectivity index (χ4v) is 4.22. The quantitative estimate of drug-likeness (QED) is 0.383. The summed E-state index contributed by atoms with van der Waals surface area (Å²) in [6.45, 7) is 1.26. The Morgan fingerprint density at radius 2 is 1.58 bits per heavy atom. The van der Waals surface area contributed by atoms with Crippen molar-refractivity contribution in [2.45, 2.75) is 13.0 Å². The van der Waals surface area contributed by atoms with Crippen molar-refractivity contribution in [2.75, 3.05) is 6.54 Å². The molecule has 0 atom stereocenters. The van der Waals surface area contributed by atoms with E-state index in [0.717, 1.165) is 17.7 Å². The molecular formula is C25H19Cl2N3O. The number of amides is 1. The van der Waals surface area contributed by atoms with E-state index in [1.807, 2.05) is 59.5 Å². The molecule has 154 valence electrons. The third-order valence-electron chi connectivity index (χ3n) is 5.56. The molecular weight excluding hydrogens is 429 g/mol. The summed E-state index contributed by atoms with van der Waals surface area (Å²) >= 11 is 12.4. The molecule has 6 heteroatoms. The van der Waals surface area contributed by atoms with Gasteiger partial charge in [0.05, 0.1) is 21.4 Å². The zero-order chi connectivity index (χ0) is 21.4. The molecule has 4 nitrogen and oxygen atoms in total. The van der Waals surface area contributed by atoms with Crippen LogP contribution in [0, 0.1) is 0 Å². The largest absolute Gasteiger partial charge is 0.333 e. The van der Waals surface area contributed by atoms with Crippen LogP contribution in [0.3, 0.4) is 0 Å². The SMILES string of the molecule is O=C(c1cc(-c2ccccc2)nn1-c1ccc(Cl)c(Cl)c1)N1CCc2ccccc2C1. The number of hydrogen-bond donors (Lipinski definition) is 0. The van der Waals surface area contributed by atoms with E-state index < -0.39 is 0 Å². The minimum absolute atomic E-state index is 0.0599. The highest BCUT2D eigenvalue weighted by Crippen LogP contribution is 2.28. The van der Waals surface area contributed by atoms with Crippen LogP contribution >= 0.6 is 23.2 Å². The van der Waals surface area contributed by atoms with Crippen molar-refractivity contribution in [3.8, 4) is 16.9 Å². The van der Waals surface area contributed by atoms with E-state index in [9.17, 15) is 4.79 Å². The summed E-state index contributed by atoms with van der Waals surface area (Å²) in [4.78, 5) is 15.5. The molecule has 1 aliphatic rings. The second-order valence-corrected chi connectivity index (χ2v) is 8.35. The molecule has 1 aliphatic heterocycles. The second kappa shape index (κ2) is 8.22. The van der Waals surface area contributed by atoms with Crippen molar-refractivity contribution >= 4 is 29.1 Å². The van der Waals surface area contributed by atoms with E-state index in [-0.39, 0.29) is 5.91 Å². The third kappa shape index (κ3) is 3.85. The highest BCUT2D eigenvalue weighted by atomic mass is 35.5. The Balaban J connectivity index is 1.57. The number of rotatable bonds is 3. The number of fused-ring (bicyclic) bond motifs is 1. The Morgan fingerprint density at radius 3 is 2.35 bits per heavy atom. The van der Waals surface area contributed by atoms with Crippen molar-refractivity contribution in [3.05, 3.63) is 106 Å². The lowest BCUT2D eigenvalue weighted by atomic mass is 9.99. The number of benzene rings is 3. The van der Waals surface area contributed by atoms with E-state index in [2.05, 4.69) is 12.1 Å². The van der Waals surface area contributed by atoms with Gasteiger partial charge in [-0.15, -0.1) is 0 Å². The van der Waals surface area contributed by atoms with Gasteiger partial charge in [0.25, 0.3) is 5.91 Å². The molecule has 2 heterocycles. The van der Waals surface area contributed by atoms with Crippen LogP contribution in [0.25, 0.3) is 16.9 Å². The zero-order valence-electron chi connectivity index (χ0n) is 16.6. The Hall–Kier alpha value is -3.08. The first-order valence-corrected chi connectivity index (χ1v) is 10.8. The average molecular weight is 448 g/mol. The van der Waals surface area contributed by atoms with Crippen molar-refractivity contribution in [2.24, 2.45) is 0 Å². The number of carbonyl (C=O) groups is 1. The Morgan fingerprint density at radius 1 is 0.839 bits per heavy atom. The fraction of sp³-hybridized carbons (Fsp3) is 0.120. The van der Waals surface area contributed by atoms with Crippen LogP contribution in [0.4, 0.5) is 0 Å². The molecule has 0 spiro atoms. The predicted molar refractivity (Wildman–Crippen MR) is 124 cm³/mol. The van der Waals surface area contributed by atoms with E-state index in [1.54, 1.807) is 16.8 Å². The van der Waals surface area contributed by atoms with E-state index in [0.29, 0.717) is 34.5 Å². The summed E-state index contributed by atoms with van der Waals surface area (Å²) in [5.41, 5.74) is 5.35. The summed E-state index contributed by atoms with van der Waals surface area (Å²) in [7, 11) is 0. The third-order valence-corrected chi connectivity index (χ3v) is 6.30. The molecule has 0 bridgehead atoms. The summed E-state index contributed by atoms with van der Waals surface area (Å²) in [6.07, 6.45) is 0.842. The summed E-state index contributed by atoms with van der Waals surface area (Å²) in [6, 6.07) is 25.2. The Kier molecular flexibility index (Phi) is 5.26. The Bertz CT molecular complexity index is 1270. The molecule has 3 aromatic carbocycles. The van der Waals surface area contributed by atoms with Gasteiger partial charge < -0.3 is 4.90 Å². The molecule has 0 unspecified atom stereocenters. The molecule has 0 saturated heterocycles. The number of aromatic nitrogens is 2. The van der Waals surface area contributed by atoms with Gasteiger partial charge in [0.2, 0.25) is 0 Å². The van der Waals surface area contributed by atoms with Gasteiger partial charge in [-0.1, -0.05) is 77.8 Å². The lowest BCUT2D eigenvalue weighted by molar-refractivity contribution is 0.0725. The van der Waals surface area contributed by atoms with Gasteiger partial charge in [0, 0.05) is 18.7 Å². The number of carbonyl (C=O) groups excluding carboxylic acids is 1. The number of hydrogen-bond acceptors (Lipinski definition) is 2. The smallest absolute Gasteiger partial charge is 0.272 e. The lowest BCUT2D eigenvalue weighted by Crippen LogP contribution is -2.37. The lowest BCUT2D eigenvalue weighted by Gasteiger charge is -2.29. The van der Waals surface area contributed by atoms with Crippen LogP contribution in [0.2, 0.25) is 10.0 Å². The van der Waals surface area contributed by atoms with E-state index in [1.165, 1.54) is 11.1 Å². The number of nitrogens with zero attached hydrogens (tertiary/aromatic N) is 3. The van der Waals surface area contributed by atoms with E-state index >= 15 is 0 Å². The molecule has 1 aromatic heterocycles. The molecule has 5 rings (SSSR count). The summed E-state index contributed by atoms with van der Waals surface area (Å²) < 4.78 is 1.66. The van der Waals surface area contributed by atoms with Crippen LogP contribution in [-0.2, 0) is 13.0 Å². The van der Waals surface area contributed by atoms with Gasteiger partial charge in [-0.2, -0.15) is 5.10 Å². The number of halogens is 2.